The number of carbonyl (C=O) groups is 2. The van der Waals surface area contributed by atoms with Crippen molar-refractivity contribution in [1.82, 2.24) is 15.5 Å². The molecule has 20 heavy (non-hydrogen) atoms. The van der Waals surface area contributed by atoms with Gasteiger partial charge < -0.3 is 20.0 Å². The summed E-state index contributed by atoms with van der Waals surface area (Å²) in [6, 6.07) is 3.82. The minimum atomic E-state index is -0.0581. The lowest BCUT2D eigenvalue weighted by Gasteiger charge is -2.17. The highest BCUT2D eigenvalue weighted by Gasteiger charge is 2.26. The third kappa shape index (κ3) is 4.29. The molecule has 1 aromatic rings. The van der Waals surface area contributed by atoms with Crippen molar-refractivity contribution in [2.75, 3.05) is 19.6 Å². The second kappa shape index (κ2) is 6.98. The Morgan fingerprint density at radius 3 is 3.05 bits per heavy atom. The summed E-state index contributed by atoms with van der Waals surface area (Å²) in [6.45, 7) is 3.40. The van der Waals surface area contributed by atoms with E-state index in [1.54, 1.807) is 11.2 Å². The number of nitrogens with zero attached hydrogens (tertiary/aromatic N) is 1. The topological polar surface area (TPSA) is 74.6 Å². The van der Waals surface area contributed by atoms with Crippen molar-refractivity contribution in [2.24, 2.45) is 0 Å². The van der Waals surface area contributed by atoms with Gasteiger partial charge >= 0.3 is 6.03 Å². The molecular weight excluding hydrogens is 258 g/mol. The highest BCUT2D eigenvalue weighted by molar-refractivity contribution is 5.75. The zero-order chi connectivity index (χ0) is 14.4. The number of urea groups is 1. The molecule has 3 amide bonds. The molecule has 2 N–H and O–H groups in total. The van der Waals surface area contributed by atoms with E-state index in [4.69, 9.17) is 4.42 Å². The van der Waals surface area contributed by atoms with E-state index < -0.39 is 0 Å². The molecule has 0 bridgehead atoms. The van der Waals surface area contributed by atoms with Crippen LogP contribution in [-0.4, -0.2) is 42.5 Å². The maximum absolute atomic E-state index is 11.9. The number of carbonyl (C=O) groups excluding carboxylic acids is 2. The van der Waals surface area contributed by atoms with Crippen molar-refractivity contribution in [2.45, 2.75) is 32.2 Å². The number of aryl methyl sites for hydroxylation is 1. The molecule has 110 valence electrons. The van der Waals surface area contributed by atoms with Crippen LogP contribution in [0.1, 0.15) is 25.5 Å². The Hall–Kier alpha value is -1.98. The Morgan fingerprint density at radius 1 is 1.50 bits per heavy atom. The van der Waals surface area contributed by atoms with Crippen molar-refractivity contribution in [3.63, 3.8) is 0 Å². The molecule has 2 rings (SSSR count). The SMILES string of the molecule is CC(=O)N[C@@H]1CCN(C(=O)NCCCc2ccco2)C1. The summed E-state index contributed by atoms with van der Waals surface area (Å²) in [5, 5.41) is 5.73. The Kier molecular flexibility index (Phi) is 5.03. The Bertz CT molecular complexity index is 445. The van der Waals surface area contributed by atoms with Crippen molar-refractivity contribution in [1.29, 1.82) is 0 Å². The van der Waals surface area contributed by atoms with Crippen LogP contribution in [0.2, 0.25) is 0 Å². The smallest absolute Gasteiger partial charge is 0.317 e. The van der Waals surface area contributed by atoms with E-state index in [2.05, 4.69) is 10.6 Å². The Balaban J connectivity index is 1.62. The molecule has 0 spiro atoms. The molecule has 1 aliphatic rings. The van der Waals surface area contributed by atoms with Gasteiger partial charge in [-0.2, -0.15) is 0 Å². The molecular formula is C14H21N3O3. The van der Waals surface area contributed by atoms with E-state index in [0.717, 1.165) is 25.0 Å². The lowest BCUT2D eigenvalue weighted by atomic mass is 10.2. The van der Waals surface area contributed by atoms with E-state index in [1.165, 1.54) is 6.92 Å². The van der Waals surface area contributed by atoms with Crippen LogP contribution in [0.15, 0.2) is 22.8 Å². The van der Waals surface area contributed by atoms with Crippen LogP contribution in [0, 0.1) is 0 Å². The predicted octanol–water partition coefficient (Wildman–Crippen LogP) is 1.13. The van der Waals surface area contributed by atoms with Crippen molar-refractivity contribution in [3.8, 4) is 0 Å². The lowest BCUT2D eigenvalue weighted by Crippen LogP contribution is -2.42. The van der Waals surface area contributed by atoms with Gasteiger partial charge in [0.25, 0.3) is 0 Å². The molecule has 1 saturated heterocycles. The quantitative estimate of drug-likeness (QED) is 0.793. The molecule has 0 saturated carbocycles. The lowest BCUT2D eigenvalue weighted by molar-refractivity contribution is -0.119. The third-order valence-corrected chi connectivity index (χ3v) is 3.34. The van der Waals surface area contributed by atoms with Crippen molar-refractivity contribution in [3.05, 3.63) is 24.2 Å². The number of furan rings is 1. The van der Waals surface area contributed by atoms with Crippen LogP contribution in [0.4, 0.5) is 4.79 Å². The first kappa shape index (κ1) is 14.4. The fourth-order valence-electron chi connectivity index (χ4n) is 2.37. The van der Waals surface area contributed by atoms with Crippen molar-refractivity contribution >= 4 is 11.9 Å². The molecule has 6 heteroatoms. The molecule has 1 fully saturated rings. The minimum Gasteiger partial charge on any atom is -0.469 e. The fourth-order valence-corrected chi connectivity index (χ4v) is 2.37. The van der Waals surface area contributed by atoms with Gasteiger partial charge in [0, 0.05) is 39.0 Å². The van der Waals surface area contributed by atoms with Gasteiger partial charge in [0.1, 0.15) is 5.76 Å². The molecule has 1 aliphatic heterocycles. The fraction of sp³-hybridized carbons (Fsp3) is 0.571. The molecule has 0 radical (unpaired) electrons. The summed E-state index contributed by atoms with van der Waals surface area (Å²) in [6.07, 6.45) is 4.14. The first-order valence-corrected chi connectivity index (χ1v) is 6.97. The molecule has 0 unspecified atom stereocenters. The average molecular weight is 279 g/mol. The van der Waals surface area contributed by atoms with Gasteiger partial charge in [-0.15, -0.1) is 0 Å². The molecule has 0 aliphatic carbocycles. The summed E-state index contributed by atoms with van der Waals surface area (Å²) in [4.78, 5) is 24.6. The van der Waals surface area contributed by atoms with Crippen LogP contribution >= 0.6 is 0 Å². The maximum atomic E-state index is 11.9. The maximum Gasteiger partial charge on any atom is 0.317 e. The van der Waals surface area contributed by atoms with E-state index in [9.17, 15) is 9.59 Å². The molecule has 0 aromatic carbocycles. The zero-order valence-corrected chi connectivity index (χ0v) is 11.7. The van der Waals surface area contributed by atoms with Crippen molar-refractivity contribution < 1.29 is 14.0 Å². The molecule has 6 nitrogen and oxygen atoms in total. The van der Waals surface area contributed by atoms with Gasteiger partial charge in [-0.05, 0) is 25.0 Å². The number of amides is 3. The monoisotopic (exact) mass is 279 g/mol. The number of nitrogens with one attached hydrogen (secondary N) is 2. The number of hydrogen-bond acceptors (Lipinski definition) is 3. The molecule has 1 atom stereocenters. The number of likely N-dealkylation sites (tertiary alicyclic amines) is 1. The summed E-state index contributed by atoms with van der Waals surface area (Å²) in [7, 11) is 0. The second-order valence-electron chi connectivity index (χ2n) is 5.05. The third-order valence-electron chi connectivity index (χ3n) is 3.34. The van der Waals surface area contributed by atoms with E-state index >= 15 is 0 Å². The van der Waals surface area contributed by atoms with Gasteiger partial charge in [0.05, 0.1) is 6.26 Å². The summed E-state index contributed by atoms with van der Waals surface area (Å²) in [5.41, 5.74) is 0. The summed E-state index contributed by atoms with van der Waals surface area (Å²) < 4.78 is 5.23. The molecule has 1 aromatic heterocycles. The summed E-state index contributed by atoms with van der Waals surface area (Å²) >= 11 is 0. The van der Waals surface area contributed by atoms with E-state index in [0.29, 0.717) is 19.6 Å². The van der Waals surface area contributed by atoms with Gasteiger partial charge in [0.15, 0.2) is 0 Å². The predicted molar refractivity (Wildman–Crippen MR) is 74.2 cm³/mol. The first-order chi connectivity index (χ1) is 9.65. The van der Waals surface area contributed by atoms with Gasteiger partial charge in [0.2, 0.25) is 5.91 Å². The van der Waals surface area contributed by atoms with Crippen LogP contribution in [0.25, 0.3) is 0 Å². The second-order valence-corrected chi connectivity index (χ2v) is 5.05. The average Bonchev–Trinajstić information content (AvgIpc) is 3.04. The van der Waals surface area contributed by atoms with Gasteiger partial charge in [-0.3, -0.25) is 4.79 Å². The standard InChI is InChI=1S/C14H21N3O3/c1-11(18)16-12-6-8-17(10-12)14(19)15-7-2-4-13-5-3-9-20-13/h3,5,9,12H,2,4,6-8,10H2,1H3,(H,15,19)(H,16,18)/t12-/m1/s1. The molecule has 2 heterocycles. The summed E-state index contributed by atoms with van der Waals surface area (Å²) in [5.74, 6) is 0.891. The normalized spacial score (nSPS) is 18.1. The van der Waals surface area contributed by atoms with Gasteiger partial charge in [-0.1, -0.05) is 0 Å². The Labute approximate surface area is 118 Å². The van der Waals surface area contributed by atoms with Gasteiger partial charge in [-0.25, -0.2) is 4.79 Å². The minimum absolute atomic E-state index is 0.0456. The van der Waals surface area contributed by atoms with Crippen LogP contribution in [0.3, 0.4) is 0 Å². The largest absolute Gasteiger partial charge is 0.469 e. The first-order valence-electron chi connectivity index (χ1n) is 6.97. The van der Waals surface area contributed by atoms with Crippen LogP contribution < -0.4 is 10.6 Å². The Morgan fingerprint density at radius 2 is 2.35 bits per heavy atom. The highest BCUT2D eigenvalue weighted by atomic mass is 16.3. The number of hydrogen-bond donors (Lipinski definition) is 2. The highest BCUT2D eigenvalue weighted by Crippen LogP contribution is 2.09. The number of rotatable bonds is 5. The zero-order valence-electron chi connectivity index (χ0n) is 11.7. The van der Waals surface area contributed by atoms with E-state index in [-0.39, 0.29) is 18.0 Å². The van der Waals surface area contributed by atoms with Crippen LogP contribution in [0.5, 0.6) is 0 Å². The van der Waals surface area contributed by atoms with E-state index in [1.807, 2.05) is 12.1 Å². The van der Waals surface area contributed by atoms with Crippen LogP contribution in [-0.2, 0) is 11.2 Å².